The van der Waals surface area contributed by atoms with E-state index in [-0.39, 0.29) is 11.8 Å². The van der Waals surface area contributed by atoms with Gasteiger partial charge in [-0.3, -0.25) is 0 Å². The summed E-state index contributed by atoms with van der Waals surface area (Å²) in [6.45, 7) is 3.97. The summed E-state index contributed by atoms with van der Waals surface area (Å²) in [6.07, 6.45) is 0. The van der Waals surface area contributed by atoms with Crippen LogP contribution in [0.25, 0.3) is 0 Å². The molecule has 18 heavy (non-hydrogen) atoms. The molecule has 0 bridgehead atoms. The molecule has 0 radical (unpaired) electrons. The Morgan fingerprint density at radius 2 is 2.00 bits per heavy atom. The quantitative estimate of drug-likeness (QED) is 0.760. The first-order valence-corrected chi connectivity index (χ1v) is 7.05. The number of halogens is 2. The molecule has 0 aliphatic heterocycles. The smallest absolute Gasteiger partial charge is 0.115 e. The number of aryl methyl sites for hydroxylation is 1. The summed E-state index contributed by atoms with van der Waals surface area (Å²) in [7, 11) is 0. The van der Waals surface area contributed by atoms with Crippen molar-refractivity contribution < 1.29 is 5.11 Å². The number of hydrogen-bond donors (Lipinski definition) is 2. The van der Waals surface area contributed by atoms with Crippen LogP contribution < -0.4 is 5.32 Å². The van der Waals surface area contributed by atoms with Crippen molar-refractivity contribution in [2.24, 2.45) is 0 Å². The van der Waals surface area contributed by atoms with Gasteiger partial charge in [0.2, 0.25) is 0 Å². The van der Waals surface area contributed by atoms with Crippen LogP contribution in [0.15, 0.2) is 24.3 Å². The summed E-state index contributed by atoms with van der Waals surface area (Å²) < 4.78 is 1.39. The Hall–Kier alpha value is -0.900. The largest absolute Gasteiger partial charge is 0.508 e. The van der Waals surface area contributed by atoms with E-state index in [1.165, 1.54) is 11.3 Å². The molecule has 0 amide bonds. The number of phenols is 1. The monoisotopic (exact) mass is 301 g/mol. The summed E-state index contributed by atoms with van der Waals surface area (Å²) in [5.41, 5.74) is 2.94. The SMILES string of the molecule is Cc1cc(O)ccc1NC(C)c1cc(Cl)sc1Cl. The Labute approximate surface area is 120 Å². The number of hydrogen-bond acceptors (Lipinski definition) is 3. The molecule has 1 aromatic carbocycles. The lowest BCUT2D eigenvalue weighted by Crippen LogP contribution is -2.07. The van der Waals surface area contributed by atoms with Crippen molar-refractivity contribution in [1.29, 1.82) is 0 Å². The topological polar surface area (TPSA) is 32.3 Å². The van der Waals surface area contributed by atoms with Crippen LogP contribution in [0, 0.1) is 6.92 Å². The van der Waals surface area contributed by atoms with Crippen molar-refractivity contribution in [2.75, 3.05) is 5.32 Å². The van der Waals surface area contributed by atoms with Crippen LogP contribution in [-0.2, 0) is 0 Å². The summed E-state index contributed by atoms with van der Waals surface area (Å²) in [4.78, 5) is 0. The Kier molecular flexibility index (Phi) is 4.05. The third-order valence-corrected chi connectivity index (χ3v) is 4.25. The van der Waals surface area contributed by atoms with Crippen LogP contribution in [0.2, 0.25) is 8.67 Å². The molecule has 2 nitrogen and oxygen atoms in total. The van der Waals surface area contributed by atoms with Gasteiger partial charge in [0, 0.05) is 11.3 Å². The van der Waals surface area contributed by atoms with Gasteiger partial charge in [-0.1, -0.05) is 23.2 Å². The zero-order valence-electron chi connectivity index (χ0n) is 10.00. The normalized spacial score (nSPS) is 12.4. The van der Waals surface area contributed by atoms with Crippen molar-refractivity contribution >= 4 is 40.2 Å². The van der Waals surface area contributed by atoms with Crippen LogP contribution in [0.1, 0.15) is 24.1 Å². The van der Waals surface area contributed by atoms with Crippen LogP contribution >= 0.6 is 34.5 Å². The standard InChI is InChI=1S/C13H13Cl2NOS/c1-7-5-9(17)3-4-11(7)16-8(2)10-6-12(14)18-13(10)15/h3-6,8,16-17H,1-2H3. The minimum atomic E-state index is 0.0597. The molecule has 0 fully saturated rings. The Balaban J connectivity index is 2.21. The van der Waals surface area contributed by atoms with E-state index in [1.807, 2.05) is 26.0 Å². The van der Waals surface area contributed by atoms with E-state index in [0.717, 1.165) is 16.8 Å². The van der Waals surface area contributed by atoms with E-state index in [9.17, 15) is 5.11 Å². The molecule has 5 heteroatoms. The average Bonchev–Trinajstić information content (AvgIpc) is 2.62. The van der Waals surface area contributed by atoms with Crippen LogP contribution in [0.5, 0.6) is 5.75 Å². The van der Waals surface area contributed by atoms with E-state index in [0.29, 0.717) is 8.67 Å². The molecule has 2 rings (SSSR count). The van der Waals surface area contributed by atoms with Gasteiger partial charge < -0.3 is 10.4 Å². The first kappa shape index (κ1) is 13.5. The highest BCUT2D eigenvalue weighted by Gasteiger charge is 2.14. The maximum atomic E-state index is 9.37. The van der Waals surface area contributed by atoms with Crippen molar-refractivity contribution in [3.8, 4) is 5.75 Å². The van der Waals surface area contributed by atoms with Crippen molar-refractivity contribution in [3.63, 3.8) is 0 Å². The molecule has 0 aliphatic carbocycles. The minimum absolute atomic E-state index is 0.0597. The first-order valence-electron chi connectivity index (χ1n) is 5.48. The van der Waals surface area contributed by atoms with Gasteiger partial charge >= 0.3 is 0 Å². The number of rotatable bonds is 3. The molecule has 1 aromatic heterocycles. The fraction of sp³-hybridized carbons (Fsp3) is 0.231. The Morgan fingerprint density at radius 3 is 2.56 bits per heavy atom. The first-order chi connectivity index (χ1) is 8.47. The molecule has 0 saturated heterocycles. The summed E-state index contributed by atoms with van der Waals surface area (Å²) in [6, 6.07) is 7.16. The van der Waals surface area contributed by atoms with Crippen molar-refractivity contribution in [2.45, 2.75) is 19.9 Å². The molecule has 0 saturated carbocycles. The predicted molar refractivity (Wildman–Crippen MR) is 79.2 cm³/mol. The van der Waals surface area contributed by atoms with Gasteiger partial charge in [0.1, 0.15) is 5.75 Å². The van der Waals surface area contributed by atoms with Gasteiger partial charge in [-0.15, -0.1) is 11.3 Å². The zero-order chi connectivity index (χ0) is 13.3. The van der Waals surface area contributed by atoms with E-state index in [1.54, 1.807) is 12.1 Å². The molecule has 1 atom stereocenters. The predicted octanol–water partition coefficient (Wildman–Crippen LogP) is 5.24. The lowest BCUT2D eigenvalue weighted by molar-refractivity contribution is 0.475. The lowest BCUT2D eigenvalue weighted by Gasteiger charge is -2.16. The van der Waals surface area contributed by atoms with E-state index >= 15 is 0 Å². The molecule has 2 aromatic rings. The third kappa shape index (κ3) is 2.91. The number of nitrogens with one attached hydrogen (secondary N) is 1. The Morgan fingerprint density at radius 1 is 1.28 bits per heavy atom. The zero-order valence-corrected chi connectivity index (χ0v) is 12.3. The molecule has 0 aliphatic rings. The highest BCUT2D eigenvalue weighted by molar-refractivity contribution is 7.20. The number of benzene rings is 1. The maximum Gasteiger partial charge on any atom is 0.115 e. The van der Waals surface area contributed by atoms with Crippen molar-refractivity contribution in [3.05, 3.63) is 44.1 Å². The molecule has 0 spiro atoms. The maximum absolute atomic E-state index is 9.37. The summed E-state index contributed by atoms with van der Waals surface area (Å²) in [5, 5.41) is 12.7. The second-order valence-electron chi connectivity index (χ2n) is 4.14. The van der Waals surface area contributed by atoms with Crippen LogP contribution in [-0.4, -0.2) is 5.11 Å². The van der Waals surface area contributed by atoms with Gasteiger partial charge in [0.05, 0.1) is 14.7 Å². The van der Waals surface area contributed by atoms with Crippen molar-refractivity contribution in [1.82, 2.24) is 0 Å². The summed E-state index contributed by atoms with van der Waals surface area (Å²) in [5.74, 6) is 0.266. The summed E-state index contributed by atoms with van der Waals surface area (Å²) >= 11 is 13.4. The molecule has 96 valence electrons. The highest BCUT2D eigenvalue weighted by Crippen LogP contribution is 2.36. The van der Waals surface area contributed by atoms with Crippen LogP contribution in [0.4, 0.5) is 5.69 Å². The number of anilines is 1. The Bertz CT molecular complexity index is 568. The molecule has 2 N–H and O–H groups in total. The fourth-order valence-corrected chi connectivity index (χ4v) is 3.41. The van der Waals surface area contributed by atoms with Gasteiger partial charge in [-0.2, -0.15) is 0 Å². The van der Waals surface area contributed by atoms with E-state index in [4.69, 9.17) is 23.2 Å². The van der Waals surface area contributed by atoms with E-state index in [2.05, 4.69) is 5.32 Å². The average molecular weight is 302 g/mol. The minimum Gasteiger partial charge on any atom is -0.508 e. The number of aromatic hydroxyl groups is 1. The van der Waals surface area contributed by atoms with Gasteiger partial charge in [-0.05, 0) is 43.7 Å². The fourth-order valence-electron chi connectivity index (χ4n) is 1.77. The van der Waals surface area contributed by atoms with Gasteiger partial charge in [0.25, 0.3) is 0 Å². The third-order valence-electron chi connectivity index (χ3n) is 2.73. The lowest BCUT2D eigenvalue weighted by atomic mass is 10.1. The van der Waals surface area contributed by atoms with Gasteiger partial charge in [-0.25, -0.2) is 0 Å². The van der Waals surface area contributed by atoms with Gasteiger partial charge in [0.15, 0.2) is 0 Å². The molecular formula is C13H13Cl2NOS. The second kappa shape index (κ2) is 5.39. The second-order valence-corrected chi connectivity index (χ2v) is 6.43. The number of phenolic OH excluding ortho intramolecular Hbond substituents is 1. The highest BCUT2D eigenvalue weighted by atomic mass is 35.5. The van der Waals surface area contributed by atoms with Crippen LogP contribution in [0.3, 0.4) is 0 Å². The molecule has 1 heterocycles. The van der Waals surface area contributed by atoms with E-state index < -0.39 is 0 Å². The number of thiophene rings is 1. The molecular weight excluding hydrogens is 289 g/mol. The molecule has 1 unspecified atom stereocenters.